The van der Waals surface area contributed by atoms with Crippen LogP contribution in [0.2, 0.25) is 0 Å². The van der Waals surface area contributed by atoms with Crippen molar-refractivity contribution in [3.8, 4) is 22.8 Å². The van der Waals surface area contributed by atoms with Crippen molar-refractivity contribution in [2.24, 2.45) is 12.8 Å². The number of nitrogens with two attached hydrogens (primary N) is 1. The lowest BCUT2D eigenvalue weighted by Crippen LogP contribution is -2.15. The van der Waals surface area contributed by atoms with Crippen LogP contribution in [0.4, 0.5) is 0 Å². The van der Waals surface area contributed by atoms with E-state index in [0.717, 1.165) is 34.9 Å². The van der Waals surface area contributed by atoms with Gasteiger partial charge in [-0.3, -0.25) is 4.68 Å². The van der Waals surface area contributed by atoms with Crippen LogP contribution in [-0.2, 0) is 13.5 Å². The summed E-state index contributed by atoms with van der Waals surface area (Å²) < 4.78 is 13.0. The van der Waals surface area contributed by atoms with Gasteiger partial charge in [-0.25, -0.2) is 0 Å². The number of rotatable bonds is 3. The van der Waals surface area contributed by atoms with Crippen LogP contribution in [0, 0.1) is 0 Å². The highest BCUT2D eigenvalue weighted by Crippen LogP contribution is 2.34. The Labute approximate surface area is 111 Å². The average Bonchev–Trinajstić information content (AvgIpc) is 2.79. The Kier molecular flexibility index (Phi) is 3.13. The Morgan fingerprint density at radius 3 is 2.79 bits per heavy atom. The smallest absolute Gasteiger partial charge is 0.162 e. The van der Waals surface area contributed by atoms with E-state index in [2.05, 4.69) is 11.2 Å². The van der Waals surface area contributed by atoms with Crippen LogP contribution in [0.3, 0.4) is 0 Å². The molecule has 0 saturated carbocycles. The zero-order valence-corrected chi connectivity index (χ0v) is 10.9. The van der Waals surface area contributed by atoms with E-state index in [9.17, 15) is 0 Å². The molecule has 0 bridgehead atoms. The minimum absolute atomic E-state index is 0.597. The molecule has 2 aromatic rings. The molecule has 0 atom stereocenters. The van der Waals surface area contributed by atoms with Crippen molar-refractivity contribution in [2.45, 2.75) is 6.42 Å². The SMILES string of the molecule is Cn1nc(CCN)cc1-c1ccc2c(c1)OCCO2. The number of aryl methyl sites for hydroxylation is 1. The topological polar surface area (TPSA) is 62.3 Å². The average molecular weight is 259 g/mol. The van der Waals surface area contributed by atoms with Crippen molar-refractivity contribution in [2.75, 3.05) is 19.8 Å². The Morgan fingerprint density at radius 1 is 1.21 bits per heavy atom. The molecule has 0 spiro atoms. The lowest BCUT2D eigenvalue weighted by atomic mass is 10.1. The molecule has 1 aromatic heterocycles. The van der Waals surface area contributed by atoms with Crippen LogP contribution in [0.25, 0.3) is 11.3 Å². The van der Waals surface area contributed by atoms with Gasteiger partial charge in [0.1, 0.15) is 13.2 Å². The third kappa shape index (κ3) is 2.29. The van der Waals surface area contributed by atoms with Gasteiger partial charge in [0.15, 0.2) is 11.5 Å². The molecule has 3 rings (SSSR count). The van der Waals surface area contributed by atoms with Crippen molar-refractivity contribution in [3.63, 3.8) is 0 Å². The van der Waals surface area contributed by atoms with E-state index in [0.29, 0.717) is 19.8 Å². The number of aromatic nitrogens is 2. The van der Waals surface area contributed by atoms with Gasteiger partial charge in [-0.2, -0.15) is 5.10 Å². The zero-order valence-electron chi connectivity index (χ0n) is 10.9. The van der Waals surface area contributed by atoms with Crippen molar-refractivity contribution in [1.82, 2.24) is 9.78 Å². The second-order valence-corrected chi connectivity index (χ2v) is 4.54. The molecule has 0 unspecified atom stereocenters. The molecule has 1 aromatic carbocycles. The monoisotopic (exact) mass is 259 g/mol. The molecule has 2 N–H and O–H groups in total. The van der Waals surface area contributed by atoms with Crippen molar-refractivity contribution in [3.05, 3.63) is 30.0 Å². The first kappa shape index (κ1) is 12.0. The molecular formula is C14H17N3O2. The van der Waals surface area contributed by atoms with E-state index in [4.69, 9.17) is 15.2 Å². The molecule has 0 radical (unpaired) electrons. The summed E-state index contributed by atoms with van der Waals surface area (Å²) in [6, 6.07) is 8.03. The minimum Gasteiger partial charge on any atom is -0.486 e. The third-order valence-corrected chi connectivity index (χ3v) is 3.17. The van der Waals surface area contributed by atoms with Gasteiger partial charge in [0.2, 0.25) is 0 Å². The quantitative estimate of drug-likeness (QED) is 0.904. The maximum Gasteiger partial charge on any atom is 0.162 e. The van der Waals surface area contributed by atoms with Crippen molar-refractivity contribution < 1.29 is 9.47 Å². The molecule has 1 aliphatic heterocycles. The number of hydrogen-bond acceptors (Lipinski definition) is 4. The molecule has 5 nitrogen and oxygen atoms in total. The number of benzene rings is 1. The molecule has 0 fully saturated rings. The van der Waals surface area contributed by atoms with Gasteiger partial charge in [0.25, 0.3) is 0 Å². The molecule has 0 aliphatic carbocycles. The Balaban J connectivity index is 1.97. The summed E-state index contributed by atoms with van der Waals surface area (Å²) in [4.78, 5) is 0. The summed E-state index contributed by atoms with van der Waals surface area (Å²) in [7, 11) is 1.94. The van der Waals surface area contributed by atoms with E-state index in [-0.39, 0.29) is 0 Å². The van der Waals surface area contributed by atoms with E-state index in [1.807, 2.05) is 29.9 Å². The summed E-state index contributed by atoms with van der Waals surface area (Å²) in [6.07, 6.45) is 0.790. The number of nitrogens with zero attached hydrogens (tertiary/aromatic N) is 2. The van der Waals surface area contributed by atoms with E-state index < -0.39 is 0 Å². The molecule has 100 valence electrons. The molecule has 1 aliphatic rings. The van der Waals surface area contributed by atoms with E-state index in [1.54, 1.807) is 0 Å². The predicted octanol–water partition coefficient (Wildman–Crippen LogP) is 1.36. The Bertz CT molecular complexity index is 592. The number of hydrogen-bond donors (Lipinski definition) is 1. The summed E-state index contributed by atoms with van der Waals surface area (Å²) >= 11 is 0. The Hall–Kier alpha value is -2.01. The summed E-state index contributed by atoms with van der Waals surface area (Å²) in [5.41, 5.74) is 8.70. The largest absolute Gasteiger partial charge is 0.486 e. The number of fused-ring (bicyclic) bond motifs is 1. The summed E-state index contributed by atoms with van der Waals surface area (Å²) in [6.45, 7) is 1.82. The maximum absolute atomic E-state index is 5.61. The van der Waals surface area contributed by atoms with Gasteiger partial charge >= 0.3 is 0 Å². The molecule has 5 heteroatoms. The fraction of sp³-hybridized carbons (Fsp3) is 0.357. The second kappa shape index (κ2) is 4.93. The first-order chi connectivity index (χ1) is 9.28. The first-order valence-electron chi connectivity index (χ1n) is 6.41. The predicted molar refractivity (Wildman–Crippen MR) is 72.4 cm³/mol. The fourth-order valence-electron chi connectivity index (χ4n) is 2.27. The molecular weight excluding hydrogens is 242 g/mol. The van der Waals surface area contributed by atoms with Gasteiger partial charge in [-0.05, 0) is 30.8 Å². The molecule has 0 saturated heterocycles. The lowest BCUT2D eigenvalue weighted by Gasteiger charge is -2.18. The van der Waals surface area contributed by atoms with Gasteiger partial charge in [-0.15, -0.1) is 0 Å². The zero-order chi connectivity index (χ0) is 13.2. The van der Waals surface area contributed by atoms with Gasteiger partial charge in [-0.1, -0.05) is 0 Å². The minimum atomic E-state index is 0.597. The molecule has 19 heavy (non-hydrogen) atoms. The van der Waals surface area contributed by atoms with E-state index >= 15 is 0 Å². The van der Waals surface area contributed by atoms with Gasteiger partial charge < -0.3 is 15.2 Å². The van der Waals surface area contributed by atoms with Crippen LogP contribution in [0.15, 0.2) is 24.3 Å². The molecule has 2 heterocycles. The van der Waals surface area contributed by atoms with Crippen LogP contribution >= 0.6 is 0 Å². The third-order valence-electron chi connectivity index (χ3n) is 3.17. The second-order valence-electron chi connectivity index (χ2n) is 4.54. The van der Waals surface area contributed by atoms with Crippen molar-refractivity contribution in [1.29, 1.82) is 0 Å². The highest BCUT2D eigenvalue weighted by molar-refractivity contribution is 5.64. The highest BCUT2D eigenvalue weighted by atomic mass is 16.6. The standard InChI is InChI=1S/C14H17N3O2/c1-17-12(9-11(16-17)4-5-15)10-2-3-13-14(8-10)19-7-6-18-13/h2-3,8-9H,4-7,15H2,1H3. The van der Waals surface area contributed by atoms with Crippen LogP contribution < -0.4 is 15.2 Å². The van der Waals surface area contributed by atoms with Crippen LogP contribution in [-0.4, -0.2) is 29.5 Å². The normalized spacial score (nSPS) is 13.6. The lowest BCUT2D eigenvalue weighted by molar-refractivity contribution is 0.171. The van der Waals surface area contributed by atoms with Crippen molar-refractivity contribution >= 4 is 0 Å². The molecule has 0 amide bonds. The van der Waals surface area contributed by atoms with Crippen LogP contribution in [0.1, 0.15) is 5.69 Å². The first-order valence-corrected chi connectivity index (χ1v) is 6.41. The van der Waals surface area contributed by atoms with Gasteiger partial charge in [0, 0.05) is 19.0 Å². The van der Waals surface area contributed by atoms with Crippen LogP contribution in [0.5, 0.6) is 11.5 Å². The Morgan fingerprint density at radius 2 is 2.00 bits per heavy atom. The number of ether oxygens (including phenoxy) is 2. The van der Waals surface area contributed by atoms with E-state index in [1.165, 1.54) is 0 Å². The van der Waals surface area contributed by atoms with Gasteiger partial charge in [0.05, 0.1) is 11.4 Å². The fourth-order valence-corrected chi connectivity index (χ4v) is 2.27. The highest BCUT2D eigenvalue weighted by Gasteiger charge is 2.14. The summed E-state index contributed by atoms with van der Waals surface area (Å²) in [5, 5.41) is 4.45. The maximum atomic E-state index is 5.61. The summed E-state index contributed by atoms with van der Waals surface area (Å²) in [5.74, 6) is 1.60.